The summed E-state index contributed by atoms with van der Waals surface area (Å²) in [5.41, 5.74) is 1.51. The number of halogens is 1. The SMILES string of the molecule is CCC(Br)C(C)Cc1csc2ccccc12. The highest BCUT2D eigenvalue weighted by molar-refractivity contribution is 9.09. The molecule has 0 bridgehead atoms. The zero-order chi connectivity index (χ0) is 11.5. The fraction of sp³-hybridized carbons (Fsp3) is 0.429. The van der Waals surface area contributed by atoms with Gasteiger partial charge in [0.15, 0.2) is 0 Å². The first-order valence-corrected chi connectivity index (χ1v) is 7.61. The lowest BCUT2D eigenvalue weighted by Gasteiger charge is -2.16. The van der Waals surface area contributed by atoms with Gasteiger partial charge >= 0.3 is 0 Å². The predicted octanol–water partition coefficient (Wildman–Crippen LogP) is 5.25. The van der Waals surface area contributed by atoms with E-state index in [9.17, 15) is 0 Å². The van der Waals surface area contributed by atoms with Gasteiger partial charge in [-0.2, -0.15) is 0 Å². The maximum Gasteiger partial charge on any atom is 0.0345 e. The van der Waals surface area contributed by atoms with E-state index in [2.05, 4.69) is 59.4 Å². The number of hydrogen-bond acceptors (Lipinski definition) is 1. The van der Waals surface area contributed by atoms with Crippen LogP contribution in [0, 0.1) is 5.92 Å². The van der Waals surface area contributed by atoms with Crippen molar-refractivity contribution in [3.8, 4) is 0 Å². The normalized spacial score (nSPS) is 15.2. The first kappa shape index (κ1) is 12.1. The zero-order valence-corrected chi connectivity index (χ0v) is 12.1. The quantitative estimate of drug-likeness (QED) is 0.676. The molecule has 2 heteroatoms. The lowest BCUT2D eigenvalue weighted by molar-refractivity contribution is 0.548. The molecule has 0 fully saturated rings. The van der Waals surface area contributed by atoms with Gasteiger partial charge in [-0.25, -0.2) is 0 Å². The van der Waals surface area contributed by atoms with Crippen molar-refractivity contribution in [1.29, 1.82) is 0 Å². The van der Waals surface area contributed by atoms with Crippen LogP contribution in [-0.2, 0) is 6.42 Å². The van der Waals surface area contributed by atoms with Crippen molar-refractivity contribution in [2.45, 2.75) is 31.5 Å². The summed E-state index contributed by atoms with van der Waals surface area (Å²) in [6.07, 6.45) is 2.37. The lowest BCUT2D eigenvalue weighted by Crippen LogP contribution is -2.12. The highest BCUT2D eigenvalue weighted by Gasteiger charge is 2.14. The summed E-state index contributed by atoms with van der Waals surface area (Å²) in [6.45, 7) is 4.57. The average Bonchev–Trinajstić information content (AvgIpc) is 2.72. The molecule has 2 aromatic rings. The van der Waals surface area contributed by atoms with Crippen LogP contribution in [-0.4, -0.2) is 4.83 Å². The molecule has 0 nitrogen and oxygen atoms in total. The molecular weight excluding hydrogens is 280 g/mol. The van der Waals surface area contributed by atoms with Crippen molar-refractivity contribution in [2.24, 2.45) is 5.92 Å². The number of benzene rings is 1. The highest BCUT2D eigenvalue weighted by atomic mass is 79.9. The molecule has 16 heavy (non-hydrogen) atoms. The molecule has 0 saturated carbocycles. The van der Waals surface area contributed by atoms with E-state index in [-0.39, 0.29) is 0 Å². The number of hydrogen-bond donors (Lipinski definition) is 0. The van der Waals surface area contributed by atoms with Gasteiger partial charge in [0, 0.05) is 9.53 Å². The summed E-state index contributed by atoms with van der Waals surface area (Å²) >= 11 is 5.62. The maximum atomic E-state index is 3.76. The smallest absolute Gasteiger partial charge is 0.0345 e. The average molecular weight is 297 g/mol. The van der Waals surface area contributed by atoms with Gasteiger partial charge in [0.2, 0.25) is 0 Å². The lowest BCUT2D eigenvalue weighted by atomic mass is 9.96. The Morgan fingerprint density at radius 3 is 2.81 bits per heavy atom. The second-order valence-electron chi connectivity index (χ2n) is 4.36. The van der Waals surface area contributed by atoms with Gasteiger partial charge in [-0.15, -0.1) is 11.3 Å². The Morgan fingerprint density at radius 2 is 2.06 bits per heavy atom. The van der Waals surface area contributed by atoms with Crippen LogP contribution in [0.5, 0.6) is 0 Å². The number of thiophene rings is 1. The predicted molar refractivity (Wildman–Crippen MR) is 77.7 cm³/mol. The maximum absolute atomic E-state index is 3.76. The molecule has 0 aliphatic carbocycles. The van der Waals surface area contributed by atoms with Crippen LogP contribution in [0.25, 0.3) is 10.1 Å². The highest BCUT2D eigenvalue weighted by Crippen LogP contribution is 2.29. The first-order valence-electron chi connectivity index (χ1n) is 5.81. The van der Waals surface area contributed by atoms with Crippen molar-refractivity contribution >= 4 is 37.4 Å². The molecule has 0 saturated heterocycles. The minimum Gasteiger partial charge on any atom is -0.144 e. The molecule has 0 aliphatic heterocycles. The summed E-state index contributed by atoms with van der Waals surface area (Å²) in [6, 6.07) is 8.70. The fourth-order valence-corrected chi connectivity index (χ4v) is 3.23. The van der Waals surface area contributed by atoms with Crippen LogP contribution < -0.4 is 0 Å². The number of fused-ring (bicyclic) bond motifs is 1. The minimum absolute atomic E-state index is 0.631. The van der Waals surface area contributed by atoms with Crippen molar-refractivity contribution in [1.82, 2.24) is 0 Å². The van der Waals surface area contributed by atoms with E-state index < -0.39 is 0 Å². The van der Waals surface area contributed by atoms with Crippen molar-refractivity contribution in [2.75, 3.05) is 0 Å². The summed E-state index contributed by atoms with van der Waals surface area (Å²) in [4.78, 5) is 0.631. The summed E-state index contributed by atoms with van der Waals surface area (Å²) in [7, 11) is 0. The van der Waals surface area contributed by atoms with Gasteiger partial charge in [-0.1, -0.05) is 48.0 Å². The number of rotatable bonds is 4. The molecule has 0 N–H and O–H groups in total. The van der Waals surface area contributed by atoms with E-state index in [0.29, 0.717) is 10.7 Å². The molecule has 1 heterocycles. The summed E-state index contributed by atoms with van der Waals surface area (Å²) in [5.74, 6) is 0.697. The third-order valence-electron chi connectivity index (χ3n) is 3.11. The van der Waals surface area contributed by atoms with Gasteiger partial charge in [0.05, 0.1) is 0 Å². The molecule has 86 valence electrons. The first-order chi connectivity index (χ1) is 7.72. The fourth-order valence-electron chi connectivity index (χ4n) is 2.07. The van der Waals surface area contributed by atoms with Crippen LogP contribution in [0.15, 0.2) is 29.6 Å². The van der Waals surface area contributed by atoms with E-state index in [1.807, 2.05) is 11.3 Å². The third-order valence-corrected chi connectivity index (χ3v) is 5.67. The van der Waals surface area contributed by atoms with Gasteiger partial charge < -0.3 is 0 Å². The van der Waals surface area contributed by atoms with Gasteiger partial charge in [-0.3, -0.25) is 0 Å². The Balaban J connectivity index is 2.21. The van der Waals surface area contributed by atoms with Crippen LogP contribution >= 0.6 is 27.3 Å². The monoisotopic (exact) mass is 296 g/mol. The van der Waals surface area contributed by atoms with E-state index in [0.717, 1.165) is 0 Å². The van der Waals surface area contributed by atoms with Crippen molar-refractivity contribution in [3.63, 3.8) is 0 Å². The topological polar surface area (TPSA) is 0 Å². The summed E-state index contributed by atoms with van der Waals surface area (Å²) in [5, 5.41) is 3.76. The van der Waals surface area contributed by atoms with Crippen molar-refractivity contribution < 1.29 is 0 Å². The molecule has 0 amide bonds. The molecule has 0 aliphatic rings. The summed E-state index contributed by atoms with van der Waals surface area (Å²) < 4.78 is 1.41. The second-order valence-corrected chi connectivity index (χ2v) is 6.45. The van der Waals surface area contributed by atoms with E-state index >= 15 is 0 Å². The van der Waals surface area contributed by atoms with Crippen LogP contribution in [0.4, 0.5) is 0 Å². The van der Waals surface area contributed by atoms with Gasteiger partial charge in [0.25, 0.3) is 0 Å². The molecule has 2 atom stereocenters. The van der Waals surface area contributed by atoms with E-state index in [4.69, 9.17) is 0 Å². The van der Waals surface area contributed by atoms with Crippen LogP contribution in [0.2, 0.25) is 0 Å². The van der Waals surface area contributed by atoms with Gasteiger partial charge in [-0.05, 0) is 41.2 Å². The Labute approximate surface area is 110 Å². The molecule has 2 rings (SSSR count). The Hall–Kier alpha value is -0.340. The third kappa shape index (κ3) is 2.49. The van der Waals surface area contributed by atoms with E-state index in [1.165, 1.54) is 28.5 Å². The Kier molecular flexibility index (Phi) is 4.04. The molecular formula is C14H17BrS. The molecule has 1 aromatic carbocycles. The number of alkyl halides is 1. The molecule has 0 radical (unpaired) electrons. The molecule has 0 spiro atoms. The Morgan fingerprint density at radius 1 is 1.31 bits per heavy atom. The van der Waals surface area contributed by atoms with Crippen molar-refractivity contribution in [3.05, 3.63) is 35.2 Å². The minimum atomic E-state index is 0.631. The van der Waals surface area contributed by atoms with Crippen LogP contribution in [0.3, 0.4) is 0 Å². The largest absolute Gasteiger partial charge is 0.144 e. The molecule has 1 aromatic heterocycles. The zero-order valence-electron chi connectivity index (χ0n) is 9.74. The van der Waals surface area contributed by atoms with E-state index in [1.54, 1.807) is 0 Å². The van der Waals surface area contributed by atoms with Crippen LogP contribution in [0.1, 0.15) is 25.8 Å². The second kappa shape index (κ2) is 5.33. The molecule has 2 unspecified atom stereocenters. The van der Waals surface area contributed by atoms with Gasteiger partial charge in [0.1, 0.15) is 0 Å². The Bertz CT molecular complexity index is 460. The standard InChI is InChI=1S/C14H17BrS/c1-3-13(15)10(2)8-11-9-16-14-7-5-4-6-12(11)14/h4-7,9-10,13H,3,8H2,1-2H3.